The fourth-order valence-corrected chi connectivity index (χ4v) is 3.84. The van der Waals surface area contributed by atoms with E-state index in [-0.39, 0.29) is 9.32 Å². The summed E-state index contributed by atoms with van der Waals surface area (Å²) in [6, 6.07) is 3.36. The molecule has 0 unspecified atom stereocenters. The summed E-state index contributed by atoms with van der Waals surface area (Å²) in [5.74, 6) is 0.157. The Morgan fingerprint density at radius 1 is 1.33 bits per heavy atom. The molecule has 0 spiro atoms. The monoisotopic (exact) mass is 346 g/mol. The molecule has 0 fully saturated rings. The Hall–Kier alpha value is -0.740. The lowest BCUT2D eigenvalue weighted by Gasteiger charge is -2.03. The highest BCUT2D eigenvalue weighted by atomic mass is 127. The molecule has 1 aromatic carbocycles. The highest BCUT2D eigenvalue weighted by Crippen LogP contribution is 2.28. The van der Waals surface area contributed by atoms with Gasteiger partial charge in [0, 0.05) is 6.07 Å². The smallest absolute Gasteiger partial charge is 0.342 e. The normalized spacial score (nSPS) is 11.7. The van der Waals surface area contributed by atoms with E-state index in [0.29, 0.717) is 0 Å². The Morgan fingerprint density at radius 2 is 1.93 bits per heavy atom. The molecule has 0 saturated heterocycles. The number of ether oxygens (including phenoxy) is 1. The van der Waals surface area contributed by atoms with Crippen LogP contribution in [0.1, 0.15) is 0 Å². The van der Waals surface area contributed by atoms with E-state index >= 15 is 0 Å². The lowest BCUT2D eigenvalue weighted by Crippen LogP contribution is -2.01. The summed E-state index contributed by atoms with van der Waals surface area (Å²) in [6.45, 7) is 0. The molecule has 0 amide bonds. The van der Waals surface area contributed by atoms with E-state index in [1.807, 2.05) is 0 Å². The standard InChI is InChI=1S/C7H7IO6S/c1-14-5-2-3-6(8(9)10)7(4-5)15(11,12)13/h2-4H,1H3,(H,11,12,13). The van der Waals surface area contributed by atoms with Crippen molar-refractivity contribution in [2.45, 2.75) is 4.90 Å². The van der Waals surface area contributed by atoms with Crippen LogP contribution in [-0.4, -0.2) is 20.1 Å². The number of hydrogen-bond acceptors (Lipinski definition) is 5. The Morgan fingerprint density at radius 3 is 2.33 bits per heavy atom. The van der Waals surface area contributed by atoms with E-state index in [4.69, 9.17) is 9.29 Å². The summed E-state index contributed by atoms with van der Waals surface area (Å²) in [5.41, 5.74) is 0. The molecule has 15 heavy (non-hydrogen) atoms. The van der Waals surface area contributed by atoms with Gasteiger partial charge in [0.2, 0.25) is 0 Å². The van der Waals surface area contributed by atoms with Crippen molar-refractivity contribution in [2.75, 3.05) is 7.11 Å². The summed E-state index contributed by atoms with van der Waals surface area (Å²) < 4.78 is 56.5. The van der Waals surface area contributed by atoms with Crippen LogP contribution in [0, 0.1) is 3.57 Å². The van der Waals surface area contributed by atoms with Gasteiger partial charge in [-0.25, -0.2) is 6.14 Å². The van der Waals surface area contributed by atoms with Crippen LogP contribution in [0.3, 0.4) is 0 Å². The predicted molar refractivity (Wildman–Crippen MR) is 56.9 cm³/mol. The minimum atomic E-state index is -4.55. The van der Waals surface area contributed by atoms with Crippen molar-refractivity contribution in [2.24, 2.45) is 0 Å². The maximum absolute atomic E-state index is 10.9. The first-order chi connectivity index (χ1) is 6.86. The molecule has 0 aliphatic carbocycles. The molecule has 8 heteroatoms. The van der Waals surface area contributed by atoms with Gasteiger partial charge in [0.25, 0.3) is 10.1 Å². The minimum Gasteiger partial charge on any atom is -0.497 e. The fraction of sp³-hybridized carbons (Fsp3) is 0.143. The van der Waals surface area contributed by atoms with Crippen LogP contribution in [0.25, 0.3) is 0 Å². The Balaban J connectivity index is 3.57. The summed E-state index contributed by atoms with van der Waals surface area (Å²) in [6.07, 6.45) is 0. The molecule has 1 rings (SSSR count). The van der Waals surface area contributed by atoms with Crippen molar-refractivity contribution < 1.29 is 23.8 Å². The van der Waals surface area contributed by atoms with Crippen molar-refractivity contribution in [3.05, 3.63) is 21.8 Å². The van der Waals surface area contributed by atoms with E-state index in [0.717, 1.165) is 12.1 Å². The zero-order valence-corrected chi connectivity index (χ0v) is 10.5. The zero-order chi connectivity index (χ0) is 11.6. The second-order valence-corrected chi connectivity index (χ2v) is 6.28. The number of halogens is 1. The molecule has 0 aromatic heterocycles. The number of rotatable bonds is 3. The van der Waals surface area contributed by atoms with Gasteiger partial charge in [-0.1, -0.05) is 0 Å². The van der Waals surface area contributed by atoms with Crippen LogP contribution in [0.4, 0.5) is 0 Å². The molecule has 1 aromatic rings. The van der Waals surface area contributed by atoms with Gasteiger partial charge in [0.05, 0.1) is 10.7 Å². The quantitative estimate of drug-likeness (QED) is 0.655. The van der Waals surface area contributed by atoms with E-state index in [2.05, 4.69) is 0 Å². The third-order valence-electron chi connectivity index (χ3n) is 1.58. The first kappa shape index (κ1) is 12.3. The van der Waals surface area contributed by atoms with Gasteiger partial charge in [-0.3, -0.25) is 4.55 Å². The van der Waals surface area contributed by atoms with Gasteiger partial charge in [0.1, 0.15) is 10.6 Å². The molecule has 0 bridgehead atoms. The highest BCUT2D eigenvalue weighted by Gasteiger charge is 2.19. The SMILES string of the molecule is COc1ccc(I(=O)=O)c(S(=O)(=O)O)c1. The van der Waals surface area contributed by atoms with Crippen LogP contribution < -0.4 is 4.74 Å². The molecule has 84 valence electrons. The molecule has 0 saturated carbocycles. The van der Waals surface area contributed by atoms with Gasteiger partial charge in [-0.2, -0.15) is 8.42 Å². The van der Waals surface area contributed by atoms with Gasteiger partial charge in [-0.15, -0.1) is 0 Å². The van der Waals surface area contributed by atoms with Crippen LogP contribution in [0.5, 0.6) is 5.75 Å². The topological polar surface area (TPSA) is 97.7 Å². The largest absolute Gasteiger partial charge is 0.497 e. The van der Waals surface area contributed by atoms with Crippen LogP contribution >= 0.6 is 19.8 Å². The third kappa shape index (κ3) is 2.86. The van der Waals surface area contributed by atoms with Crippen molar-refractivity contribution in [3.8, 4) is 5.75 Å². The first-order valence-electron chi connectivity index (χ1n) is 3.57. The Labute approximate surface area is 93.1 Å². The summed E-state index contributed by atoms with van der Waals surface area (Å²) in [7, 11) is -3.25. The number of hydrogen-bond donors (Lipinski definition) is 1. The molecule has 0 radical (unpaired) electrons. The molecule has 0 heterocycles. The molecule has 0 aliphatic heterocycles. The summed E-state index contributed by atoms with van der Waals surface area (Å²) in [5, 5.41) is 0. The van der Waals surface area contributed by atoms with Crippen LogP contribution in [-0.2, 0) is 16.3 Å². The minimum absolute atomic E-state index is 0.157. The number of benzene rings is 1. The average molecular weight is 346 g/mol. The van der Waals surface area contributed by atoms with Gasteiger partial charge < -0.3 is 4.74 Å². The van der Waals surface area contributed by atoms with Crippen molar-refractivity contribution in [1.29, 1.82) is 0 Å². The zero-order valence-electron chi connectivity index (χ0n) is 7.51. The lowest BCUT2D eigenvalue weighted by molar-refractivity contribution is 0.412. The molecule has 1 N–H and O–H groups in total. The fourth-order valence-electron chi connectivity index (χ4n) is 0.936. The maximum Gasteiger partial charge on any atom is 0.342 e. The van der Waals surface area contributed by atoms with Gasteiger partial charge in [-0.05, 0) is 12.1 Å². The van der Waals surface area contributed by atoms with Crippen molar-refractivity contribution in [1.82, 2.24) is 0 Å². The molecular formula is C7H7IO6S. The highest BCUT2D eigenvalue weighted by molar-refractivity contribution is 14.2. The first-order valence-corrected chi connectivity index (χ1v) is 7.85. The van der Waals surface area contributed by atoms with Crippen LogP contribution in [0.15, 0.2) is 23.1 Å². The third-order valence-corrected chi connectivity index (χ3v) is 4.73. The second kappa shape index (κ2) is 4.41. The predicted octanol–water partition coefficient (Wildman–Crippen LogP) is 1.31. The van der Waals surface area contributed by atoms with E-state index in [9.17, 15) is 14.6 Å². The average Bonchev–Trinajstić information content (AvgIpc) is 2.15. The summed E-state index contributed by atoms with van der Waals surface area (Å²) in [4.78, 5) is -0.642. The molecule has 6 nitrogen and oxygen atoms in total. The number of methoxy groups -OCH3 is 1. The van der Waals surface area contributed by atoms with E-state index < -0.39 is 34.8 Å². The van der Waals surface area contributed by atoms with E-state index in [1.165, 1.54) is 13.2 Å². The van der Waals surface area contributed by atoms with Crippen molar-refractivity contribution >= 4 is 29.9 Å². The second-order valence-electron chi connectivity index (χ2n) is 2.49. The van der Waals surface area contributed by atoms with Gasteiger partial charge >= 0.3 is 19.8 Å². The van der Waals surface area contributed by atoms with Gasteiger partial charge in [0.15, 0.2) is 0 Å². The van der Waals surface area contributed by atoms with Crippen LogP contribution in [0.2, 0.25) is 0 Å². The maximum atomic E-state index is 10.9. The van der Waals surface area contributed by atoms with Crippen molar-refractivity contribution in [3.63, 3.8) is 0 Å². The molecule has 0 aliphatic rings. The lowest BCUT2D eigenvalue weighted by atomic mass is 10.3. The molecule has 0 atom stereocenters. The Bertz CT molecular complexity index is 537. The summed E-state index contributed by atoms with van der Waals surface area (Å²) >= 11 is -3.96. The molecular weight excluding hydrogens is 339 g/mol. The Kier molecular flexibility index (Phi) is 3.62. The van der Waals surface area contributed by atoms with E-state index in [1.54, 1.807) is 0 Å².